The Morgan fingerprint density at radius 2 is 2.00 bits per heavy atom. The molecular weight excluding hydrogens is 407 g/mol. The topological polar surface area (TPSA) is 58.6 Å². The molecule has 1 unspecified atom stereocenters. The zero-order valence-corrected chi connectivity index (χ0v) is 17.9. The average molecular weight is 429 g/mol. The molecule has 1 heterocycles. The van der Waals surface area contributed by atoms with Crippen molar-refractivity contribution in [1.82, 2.24) is 5.32 Å². The van der Waals surface area contributed by atoms with Crippen LogP contribution < -0.4 is 15.0 Å². The van der Waals surface area contributed by atoms with Crippen molar-refractivity contribution in [2.75, 3.05) is 17.9 Å². The minimum absolute atomic E-state index is 0.270. The molecule has 0 aliphatic heterocycles. The van der Waals surface area contributed by atoms with E-state index in [2.05, 4.69) is 5.32 Å². The van der Waals surface area contributed by atoms with Gasteiger partial charge in [0.25, 0.3) is 0 Å². The molecule has 2 aromatic rings. The number of halogens is 2. The number of benzene rings is 1. The van der Waals surface area contributed by atoms with Crippen molar-refractivity contribution < 1.29 is 14.3 Å². The molecule has 27 heavy (non-hydrogen) atoms. The van der Waals surface area contributed by atoms with Gasteiger partial charge in [-0.25, -0.2) is 0 Å². The number of amides is 2. The monoisotopic (exact) mass is 428 g/mol. The smallest absolute Gasteiger partial charge is 0.249 e. The lowest BCUT2D eigenvalue weighted by Crippen LogP contribution is -2.49. The number of thiophene rings is 1. The third-order valence-electron chi connectivity index (χ3n) is 3.61. The standard InChI is InChI=1S/C19H22Cl2N2O3S/c1-19(2,3)22-18(25)17(15-6-5-9-27-15)23(16(24)11-20)12-7-8-14(26-4)13(21)10-12/h5-10,17H,11H2,1-4H3,(H,22,25). The van der Waals surface area contributed by atoms with Crippen LogP contribution in [0.25, 0.3) is 0 Å². The van der Waals surface area contributed by atoms with Gasteiger partial charge in [0.1, 0.15) is 17.7 Å². The molecule has 0 saturated carbocycles. The number of anilines is 1. The first-order chi connectivity index (χ1) is 12.7. The van der Waals surface area contributed by atoms with E-state index in [1.807, 2.05) is 38.3 Å². The number of rotatable bonds is 6. The molecule has 1 N–H and O–H groups in total. The number of ether oxygens (including phenoxy) is 1. The number of carbonyl (C=O) groups excluding carboxylic acids is 2. The van der Waals surface area contributed by atoms with Crippen molar-refractivity contribution in [1.29, 1.82) is 0 Å². The van der Waals surface area contributed by atoms with Gasteiger partial charge in [-0.15, -0.1) is 22.9 Å². The van der Waals surface area contributed by atoms with E-state index in [0.29, 0.717) is 16.5 Å². The zero-order valence-electron chi connectivity index (χ0n) is 15.6. The summed E-state index contributed by atoms with van der Waals surface area (Å²) in [6, 6.07) is 7.72. The van der Waals surface area contributed by atoms with E-state index < -0.39 is 17.5 Å². The average Bonchev–Trinajstić information content (AvgIpc) is 3.11. The summed E-state index contributed by atoms with van der Waals surface area (Å²) in [4.78, 5) is 27.9. The van der Waals surface area contributed by atoms with Gasteiger partial charge in [0, 0.05) is 16.1 Å². The van der Waals surface area contributed by atoms with Gasteiger partial charge in [-0.3, -0.25) is 14.5 Å². The summed E-state index contributed by atoms with van der Waals surface area (Å²) in [6.45, 7) is 5.65. The molecule has 1 aromatic heterocycles. The molecule has 5 nitrogen and oxygen atoms in total. The second kappa shape index (κ2) is 8.95. The van der Waals surface area contributed by atoms with Gasteiger partial charge in [-0.1, -0.05) is 17.7 Å². The van der Waals surface area contributed by atoms with Crippen molar-refractivity contribution in [3.8, 4) is 5.75 Å². The van der Waals surface area contributed by atoms with Gasteiger partial charge < -0.3 is 10.1 Å². The minimum Gasteiger partial charge on any atom is -0.495 e. The highest BCUT2D eigenvalue weighted by molar-refractivity contribution is 7.10. The molecule has 0 bridgehead atoms. The molecule has 2 rings (SSSR count). The first kappa shape index (κ1) is 21.5. The van der Waals surface area contributed by atoms with Crippen LogP contribution in [0.5, 0.6) is 5.75 Å². The van der Waals surface area contributed by atoms with E-state index in [0.717, 1.165) is 4.88 Å². The van der Waals surface area contributed by atoms with E-state index >= 15 is 0 Å². The van der Waals surface area contributed by atoms with E-state index in [9.17, 15) is 9.59 Å². The Morgan fingerprint density at radius 1 is 1.30 bits per heavy atom. The third kappa shape index (κ3) is 5.37. The summed E-state index contributed by atoms with van der Waals surface area (Å²) in [7, 11) is 1.51. The van der Waals surface area contributed by atoms with Crippen LogP contribution in [-0.4, -0.2) is 30.3 Å². The molecule has 0 fully saturated rings. The Balaban J connectivity index is 2.56. The third-order valence-corrected chi connectivity index (χ3v) is 5.06. The van der Waals surface area contributed by atoms with E-state index in [4.69, 9.17) is 27.9 Å². The normalized spacial score (nSPS) is 12.4. The Hall–Kier alpha value is -1.76. The highest BCUT2D eigenvalue weighted by Crippen LogP contribution is 2.35. The fourth-order valence-corrected chi connectivity index (χ4v) is 3.76. The number of nitrogens with zero attached hydrogens (tertiary/aromatic N) is 1. The highest BCUT2D eigenvalue weighted by Gasteiger charge is 2.35. The lowest BCUT2D eigenvalue weighted by Gasteiger charge is -2.32. The lowest BCUT2D eigenvalue weighted by atomic mass is 10.1. The molecule has 0 radical (unpaired) electrons. The maximum Gasteiger partial charge on any atom is 0.249 e. The van der Waals surface area contributed by atoms with E-state index in [-0.39, 0.29) is 11.8 Å². The van der Waals surface area contributed by atoms with Crippen LogP contribution >= 0.6 is 34.5 Å². The van der Waals surface area contributed by atoms with E-state index in [1.165, 1.54) is 23.3 Å². The SMILES string of the molecule is COc1ccc(N(C(=O)CCl)C(C(=O)NC(C)(C)C)c2cccs2)cc1Cl. The van der Waals surface area contributed by atoms with Crippen LogP contribution in [0.2, 0.25) is 5.02 Å². The fraction of sp³-hybridized carbons (Fsp3) is 0.368. The van der Waals surface area contributed by atoms with Gasteiger partial charge in [0.05, 0.1) is 12.1 Å². The first-order valence-electron chi connectivity index (χ1n) is 8.25. The summed E-state index contributed by atoms with van der Waals surface area (Å²) < 4.78 is 5.17. The van der Waals surface area contributed by atoms with Gasteiger partial charge in [-0.05, 0) is 50.4 Å². The molecule has 0 aliphatic carbocycles. The molecule has 8 heteroatoms. The number of nitrogens with one attached hydrogen (secondary N) is 1. The number of methoxy groups -OCH3 is 1. The van der Waals surface area contributed by atoms with Crippen molar-refractivity contribution in [2.24, 2.45) is 0 Å². The van der Waals surface area contributed by atoms with Gasteiger partial charge in [0.2, 0.25) is 11.8 Å². The number of carbonyl (C=O) groups is 2. The van der Waals surface area contributed by atoms with Crippen LogP contribution in [0.3, 0.4) is 0 Å². The van der Waals surface area contributed by atoms with Crippen LogP contribution in [-0.2, 0) is 9.59 Å². The molecule has 0 aliphatic rings. The quantitative estimate of drug-likeness (QED) is 0.681. The van der Waals surface area contributed by atoms with Crippen LogP contribution in [0.1, 0.15) is 31.7 Å². The zero-order chi connectivity index (χ0) is 20.2. The maximum absolute atomic E-state index is 13.1. The number of hydrogen-bond acceptors (Lipinski definition) is 4. The molecular formula is C19H22Cl2N2O3S. The fourth-order valence-electron chi connectivity index (χ4n) is 2.57. The predicted octanol–water partition coefficient (Wildman–Crippen LogP) is 4.64. The molecule has 0 spiro atoms. The summed E-state index contributed by atoms with van der Waals surface area (Å²) in [5.41, 5.74) is 0.00808. The van der Waals surface area contributed by atoms with Crippen molar-refractivity contribution in [3.63, 3.8) is 0 Å². The second-order valence-corrected chi connectivity index (χ2v) is 8.53. The number of alkyl halides is 1. The maximum atomic E-state index is 13.1. The first-order valence-corrected chi connectivity index (χ1v) is 10.0. The summed E-state index contributed by atoms with van der Waals surface area (Å²) in [5, 5.41) is 5.14. The summed E-state index contributed by atoms with van der Waals surface area (Å²) in [5.74, 6) is -0.491. The lowest BCUT2D eigenvalue weighted by molar-refractivity contribution is -0.126. The van der Waals surface area contributed by atoms with Crippen LogP contribution in [0.4, 0.5) is 5.69 Å². The van der Waals surface area contributed by atoms with Gasteiger partial charge >= 0.3 is 0 Å². The van der Waals surface area contributed by atoms with Crippen molar-refractivity contribution >= 4 is 52.0 Å². The Bertz CT molecular complexity index is 804. The molecule has 146 valence electrons. The largest absolute Gasteiger partial charge is 0.495 e. The van der Waals surface area contributed by atoms with E-state index in [1.54, 1.807) is 18.2 Å². The minimum atomic E-state index is -0.861. The molecule has 1 aromatic carbocycles. The predicted molar refractivity (Wildman–Crippen MR) is 111 cm³/mol. The number of hydrogen-bond donors (Lipinski definition) is 1. The van der Waals surface area contributed by atoms with Crippen molar-refractivity contribution in [3.05, 3.63) is 45.6 Å². The Labute approximate surface area is 173 Å². The summed E-state index contributed by atoms with van der Waals surface area (Å²) in [6.07, 6.45) is 0. The summed E-state index contributed by atoms with van der Waals surface area (Å²) >= 11 is 13.5. The van der Waals surface area contributed by atoms with Gasteiger partial charge in [0.15, 0.2) is 0 Å². The second-order valence-electron chi connectivity index (χ2n) is 6.87. The van der Waals surface area contributed by atoms with Gasteiger partial charge in [-0.2, -0.15) is 0 Å². The molecule has 0 saturated heterocycles. The molecule has 2 amide bonds. The van der Waals surface area contributed by atoms with Crippen LogP contribution in [0.15, 0.2) is 35.7 Å². The van der Waals surface area contributed by atoms with Crippen LogP contribution in [0, 0.1) is 0 Å². The molecule has 1 atom stereocenters. The Morgan fingerprint density at radius 3 is 2.48 bits per heavy atom. The Kier molecular flexibility index (Phi) is 7.14. The highest BCUT2D eigenvalue weighted by atomic mass is 35.5. The van der Waals surface area contributed by atoms with Crippen molar-refractivity contribution in [2.45, 2.75) is 32.4 Å².